The van der Waals surface area contributed by atoms with Crippen LogP contribution in [0.1, 0.15) is 31.9 Å². The summed E-state index contributed by atoms with van der Waals surface area (Å²) >= 11 is 0. The summed E-state index contributed by atoms with van der Waals surface area (Å²) in [5, 5.41) is 0.647. The van der Waals surface area contributed by atoms with Gasteiger partial charge in [0.15, 0.2) is 0 Å². The number of benzene rings is 1. The van der Waals surface area contributed by atoms with Gasteiger partial charge in [0.1, 0.15) is 10.5 Å². The van der Waals surface area contributed by atoms with Gasteiger partial charge >= 0.3 is 0 Å². The number of nitrogens with zero attached hydrogens (tertiary/aromatic N) is 3. The van der Waals surface area contributed by atoms with E-state index in [1.807, 2.05) is 0 Å². The number of aromatic amines is 1. The van der Waals surface area contributed by atoms with E-state index >= 15 is 0 Å². The van der Waals surface area contributed by atoms with Crippen LogP contribution in [0.15, 0.2) is 53.7 Å². The summed E-state index contributed by atoms with van der Waals surface area (Å²) in [7, 11) is -3.53. The van der Waals surface area contributed by atoms with Gasteiger partial charge in [-0.1, -0.05) is 45.0 Å². The topological polar surface area (TPSA) is 69.3 Å². The van der Waals surface area contributed by atoms with Crippen molar-refractivity contribution in [2.24, 2.45) is 0 Å². The van der Waals surface area contributed by atoms with Crippen molar-refractivity contribution in [3.05, 3.63) is 59.9 Å². The van der Waals surface area contributed by atoms with E-state index < -0.39 is 10.0 Å². The normalized spacial score (nSPS) is 17.1. The van der Waals surface area contributed by atoms with Gasteiger partial charge in [-0.3, -0.25) is 4.90 Å². The van der Waals surface area contributed by atoms with Crippen LogP contribution in [0.3, 0.4) is 0 Å². The van der Waals surface area contributed by atoms with E-state index in [1.165, 1.54) is 11.1 Å². The number of hydrogen-bond donors (Lipinski definition) is 1. The molecule has 6 nitrogen and oxygen atoms in total. The predicted molar refractivity (Wildman–Crippen MR) is 115 cm³/mol. The van der Waals surface area contributed by atoms with Crippen molar-refractivity contribution in [2.45, 2.75) is 37.6 Å². The van der Waals surface area contributed by atoms with Gasteiger partial charge < -0.3 is 4.98 Å². The van der Waals surface area contributed by atoms with Crippen molar-refractivity contribution < 1.29 is 8.42 Å². The summed E-state index contributed by atoms with van der Waals surface area (Å²) in [4.78, 5) is 9.78. The Morgan fingerprint density at radius 3 is 2.38 bits per heavy atom. The van der Waals surface area contributed by atoms with E-state index in [-0.39, 0.29) is 5.41 Å². The minimum atomic E-state index is -3.53. The molecule has 29 heavy (non-hydrogen) atoms. The number of fused-ring (bicyclic) bond motifs is 1. The van der Waals surface area contributed by atoms with Gasteiger partial charge in [0.05, 0.1) is 0 Å². The first-order valence-electron chi connectivity index (χ1n) is 9.99. The molecule has 4 rings (SSSR count). The Bertz CT molecular complexity index is 1090. The fraction of sp³-hybridized carbons (Fsp3) is 0.409. The zero-order chi connectivity index (χ0) is 20.6. The zero-order valence-corrected chi connectivity index (χ0v) is 18.0. The molecule has 154 valence electrons. The highest BCUT2D eigenvalue weighted by atomic mass is 32.2. The second-order valence-corrected chi connectivity index (χ2v) is 10.6. The molecule has 0 spiro atoms. The molecule has 1 N–H and O–H groups in total. The van der Waals surface area contributed by atoms with Gasteiger partial charge in [-0.15, -0.1) is 0 Å². The maximum atomic E-state index is 13.1. The minimum absolute atomic E-state index is 0.149. The van der Waals surface area contributed by atoms with Gasteiger partial charge in [-0.05, 0) is 28.7 Å². The van der Waals surface area contributed by atoms with E-state index in [9.17, 15) is 8.42 Å². The van der Waals surface area contributed by atoms with Gasteiger partial charge in [-0.25, -0.2) is 13.4 Å². The third-order valence-corrected chi connectivity index (χ3v) is 7.53. The first kappa shape index (κ1) is 20.1. The van der Waals surface area contributed by atoms with Crippen molar-refractivity contribution in [1.29, 1.82) is 0 Å². The van der Waals surface area contributed by atoms with E-state index in [2.05, 4.69) is 59.9 Å². The van der Waals surface area contributed by atoms with Gasteiger partial charge in [-0.2, -0.15) is 4.31 Å². The van der Waals surface area contributed by atoms with Gasteiger partial charge in [0, 0.05) is 50.5 Å². The Morgan fingerprint density at radius 1 is 1.03 bits per heavy atom. The Morgan fingerprint density at radius 2 is 1.72 bits per heavy atom. The minimum Gasteiger partial charge on any atom is -0.345 e. The third-order valence-electron chi connectivity index (χ3n) is 5.59. The van der Waals surface area contributed by atoms with E-state index in [0.29, 0.717) is 29.0 Å². The third kappa shape index (κ3) is 4.08. The number of piperazine rings is 1. The molecule has 1 saturated heterocycles. The van der Waals surface area contributed by atoms with E-state index in [0.717, 1.165) is 19.6 Å². The zero-order valence-electron chi connectivity index (χ0n) is 17.2. The number of aromatic nitrogens is 2. The number of hydrogen-bond acceptors (Lipinski definition) is 4. The molecule has 0 unspecified atom stereocenters. The summed E-state index contributed by atoms with van der Waals surface area (Å²) < 4.78 is 27.8. The lowest BCUT2D eigenvalue weighted by molar-refractivity contribution is 0.181. The van der Waals surface area contributed by atoms with Crippen LogP contribution in [0.2, 0.25) is 0 Å². The SMILES string of the molecule is CC(C)(C)c1ccc(CN2CCN(S(=O)(=O)c3c[nH]c4ncccc34)CC2)cc1. The van der Waals surface area contributed by atoms with Crippen LogP contribution < -0.4 is 0 Å². The summed E-state index contributed by atoms with van der Waals surface area (Å²) in [5.41, 5.74) is 3.34. The summed E-state index contributed by atoms with van der Waals surface area (Å²) in [6.45, 7) is 9.92. The van der Waals surface area contributed by atoms with Crippen LogP contribution >= 0.6 is 0 Å². The summed E-state index contributed by atoms with van der Waals surface area (Å²) in [6, 6.07) is 12.3. The molecule has 2 aromatic heterocycles. The molecule has 3 aromatic rings. The maximum absolute atomic E-state index is 13.1. The molecular weight excluding hydrogens is 384 g/mol. The lowest BCUT2D eigenvalue weighted by Gasteiger charge is -2.34. The molecule has 0 aliphatic carbocycles. The van der Waals surface area contributed by atoms with Gasteiger partial charge in [0.25, 0.3) is 0 Å². The average molecular weight is 413 g/mol. The van der Waals surface area contributed by atoms with Gasteiger partial charge in [0.2, 0.25) is 10.0 Å². The Balaban J connectivity index is 1.41. The van der Waals surface area contributed by atoms with Crippen molar-refractivity contribution in [3.63, 3.8) is 0 Å². The molecule has 1 aliphatic rings. The van der Waals surface area contributed by atoms with Crippen LogP contribution in [0.5, 0.6) is 0 Å². The quantitative estimate of drug-likeness (QED) is 0.713. The smallest absolute Gasteiger partial charge is 0.245 e. The second-order valence-electron chi connectivity index (χ2n) is 8.68. The molecule has 0 saturated carbocycles. The number of H-pyrrole nitrogens is 1. The average Bonchev–Trinajstić information content (AvgIpc) is 3.13. The van der Waals surface area contributed by atoms with Crippen LogP contribution in [0.25, 0.3) is 11.0 Å². The molecular formula is C22H28N4O2S. The highest BCUT2D eigenvalue weighted by Crippen LogP contribution is 2.26. The number of sulfonamides is 1. The summed E-state index contributed by atoms with van der Waals surface area (Å²) in [6.07, 6.45) is 3.21. The van der Waals surface area contributed by atoms with Crippen LogP contribution in [-0.2, 0) is 22.0 Å². The molecule has 0 bridgehead atoms. The molecule has 0 radical (unpaired) electrons. The van der Waals surface area contributed by atoms with Crippen LogP contribution in [0.4, 0.5) is 0 Å². The lowest BCUT2D eigenvalue weighted by atomic mass is 9.87. The first-order valence-corrected chi connectivity index (χ1v) is 11.4. The molecule has 3 heterocycles. The maximum Gasteiger partial charge on any atom is 0.245 e. The van der Waals surface area contributed by atoms with Crippen molar-refractivity contribution in [1.82, 2.24) is 19.2 Å². The molecule has 7 heteroatoms. The molecule has 0 amide bonds. The molecule has 1 fully saturated rings. The Hall–Kier alpha value is -2.22. The molecule has 0 atom stereocenters. The number of pyridine rings is 1. The largest absolute Gasteiger partial charge is 0.345 e. The number of nitrogens with one attached hydrogen (secondary N) is 1. The van der Waals surface area contributed by atoms with Crippen molar-refractivity contribution in [2.75, 3.05) is 26.2 Å². The first-order chi connectivity index (χ1) is 13.7. The Labute approximate surface area is 172 Å². The van der Waals surface area contributed by atoms with Crippen LogP contribution in [-0.4, -0.2) is 53.8 Å². The highest BCUT2D eigenvalue weighted by Gasteiger charge is 2.30. The number of rotatable bonds is 4. The van der Waals surface area contributed by atoms with Crippen molar-refractivity contribution >= 4 is 21.1 Å². The molecule has 1 aliphatic heterocycles. The highest BCUT2D eigenvalue weighted by molar-refractivity contribution is 7.89. The van der Waals surface area contributed by atoms with E-state index in [4.69, 9.17) is 0 Å². The predicted octanol–water partition coefficient (Wildman–Crippen LogP) is 3.37. The fourth-order valence-electron chi connectivity index (χ4n) is 3.78. The molecule has 1 aromatic carbocycles. The van der Waals surface area contributed by atoms with E-state index in [1.54, 1.807) is 28.8 Å². The fourth-order valence-corrected chi connectivity index (χ4v) is 5.35. The Kier molecular flexibility index (Phi) is 5.23. The van der Waals surface area contributed by atoms with Crippen LogP contribution in [0, 0.1) is 0 Å². The summed E-state index contributed by atoms with van der Waals surface area (Å²) in [5.74, 6) is 0. The van der Waals surface area contributed by atoms with Crippen molar-refractivity contribution in [3.8, 4) is 0 Å². The second kappa shape index (κ2) is 7.55. The monoisotopic (exact) mass is 412 g/mol. The lowest BCUT2D eigenvalue weighted by Crippen LogP contribution is -2.48. The standard InChI is InChI=1S/C22H28N4O2S/c1-22(2,3)18-8-6-17(7-9-18)16-25-11-13-26(14-12-25)29(27,28)20-15-24-21-19(20)5-4-10-23-21/h4-10,15H,11-14,16H2,1-3H3,(H,23,24).